The van der Waals surface area contributed by atoms with Crippen LogP contribution >= 0.6 is 0 Å². The number of hydrogen-bond acceptors (Lipinski definition) is 5. The van der Waals surface area contributed by atoms with Crippen LogP contribution in [0.4, 0.5) is 24.7 Å². The number of halogens is 3. The zero-order chi connectivity index (χ0) is 15.1. The predicted molar refractivity (Wildman–Crippen MR) is 69.1 cm³/mol. The Labute approximate surface area is 114 Å². The fourth-order valence-electron chi connectivity index (χ4n) is 2.18. The Morgan fingerprint density at radius 3 is 2.60 bits per heavy atom. The number of aromatic nitrogens is 1. The van der Waals surface area contributed by atoms with Gasteiger partial charge in [0.1, 0.15) is 5.82 Å². The highest BCUT2D eigenvalue weighted by Gasteiger charge is 2.34. The fourth-order valence-corrected chi connectivity index (χ4v) is 3.95. The summed E-state index contributed by atoms with van der Waals surface area (Å²) in [5, 5.41) is 0. The van der Waals surface area contributed by atoms with E-state index in [1.54, 1.807) is 0 Å². The van der Waals surface area contributed by atoms with Gasteiger partial charge in [-0.2, -0.15) is 13.2 Å². The van der Waals surface area contributed by atoms with Crippen molar-refractivity contribution in [3.63, 3.8) is 0 Å². The van der Waals surface area contributed by atoms with Crippen LogP contribution in [0.25, 0.3) is 0 Å². The molecule has 9 heteroatoms. The van der Waals surface area contributed by atoms with Crippen molar-refractivity contribution in [3.05, 3.63) is 17.8 Å². The van der Waals surface area contributed by atoms with Gasteiger partial charge >= 0.3 is 6.18 Å². The zero-order valence-corrected chi connectivity index (χ0v) is 11.5. The maximum Gasteiger partial charge on any atom is 0.417 e. The first-order valence-electron chi connectivity index (χ1n) is 5.86. The van der Waals surface area contributed by atoms with E-state index in [1.165, 1.54) is 11.9 Å². The van der Waals surface area contributed by atoms with Gasteiger partial charge in [0.25, 0.3) is 0 Å². The normalized spacial score (nSPS) is 21.9. The third-order valence-electron chi connectivity index (χ3n) is 3.36. The van der Waals surface area contributed by atoms with Crippen LogP contribution in [-0.4, -0.2) is 38.0 Å². The van der Waals surface area contributed by atoms with Gasteiger partial charge < -0.3 is 10.6 Å². The van der Waals surface area contributed by atoms with Crippen molar-refractivity contribution >= 4 is 21.3 Å². The molecule has 1 unspecified atom stereocenters. The van der Waals surface area contributed by atoms with E-state index in [1.807, 2.05) is 0 Å². The molecule has 2 N–H and O–H groups in total. The molecule has 0 aromatic carbocycles. The quantitative estimate of drug-likeness (QED) is 0.891. The standard InChI is InChI=1S/C11H14F3N3O2S/c1-17(8-2-3-20(18,19)6-8)9-4-7(11(12,13)14)5-16-10(9)15/h4-5,8H,2-3,6H2,1H3,(H2,15,16). The summed E-state index contributed by atoms with van der Waals surface area (Å²) in [6, 6.07) is 0.514. The molecule has 1 aliphatic rings. The van der Waals surface area contributed by atoms with Crippen molar-refractivity contribution in [3.8, 4) is 0 Å². The summed E-state index contributed by atoms with van der Waals surface area (Å²) in [5.41, 5.74) is 4.79. The average Bonchev–Trinajstić information content (AvgIpc) is 2.68. The maximum absolute atomic E-state index is 12.7. The molecule has 1 fully saturated rings. The SMILES string of the molecule is CN(c1cc(C(F)(F)F)cnc1N)C1CCS(=O)(=O)C1. The minimum atomic E-state index is -4.52. The minimum Gasteiger partial charge on any atom is -0.382 e. The van der Waals surface area contributed by atoms with Crippen LogP contribution in [-0.2, 0) is 16.0 Å². The molecule has 1 aromatic rings. The average molecular weight is 309 g/mol. The first-order chi connectivity index (χ1) is 9.10. The largest absolute Gasteiger partial charge is 0.417 e. The summed E-state index contributed by atoms with van der Waals surface area (Å²) in [4.78, 5) is 5.00. The van der Waals surface area contributed by atoms with Crippen molar-refractivity contribution in [2.75, 3.05) is 29.2 Å². The van der Waals surface area contributed by atoms with Crippen LogP contribution in [0.15, 0.2) is 12.3 Å². The molecular weight excluding hydrogens is 295 g/mol. The second-order valence-electron chi connectivity index (χ2n) is 4.79. The number of nitrogens with zero attached hydrogens (tertiary/aromatic N) is 2. The molecule has 20 heavy (non-hydrogen) atoms. The number of sulfone groups is 1. The molecule has 2 heterocycles. The van der Waals surface area contributed by atoms with Gasteiger partial charge in [0.05, 0.1) is 22.8 Å². The van der Waals surface area contributed by atoms with Crippen LogP contribution in [0.2, 0.25) is 0 Å². The van der Waals surface area contributed by atoms with Gasteiger partial charge in [-0.05, 0) is 12.5 Å². The number of nitrogens with two attached hydrogens (primary N) is 1. The van der Waals surface area contributed by atoms with Gasteiger partial charge in [0.2, 0.25) is 0 Å². The molecule has 2 rings (SSSR count). The number of pyridine rings is 1. The molecule has 0 bridgehead atoms. The Morgan fingerprint density at radius 2 is 2.10 bits per heavy atom. The minimum absolute atomic E-state index is 0.0360. The van der Waals surface area contributed by atoms with Crippen LogP contribution in [0.5, 0.6) is 0 Å². The molecule has 0 aliphatic carbocycles. The summed E-state index contributed by atoms with van der Waals surface area (Å²) in [5.74, 6) is -0.0992. The van der Waals surface area contributed by atoms with Gasteiger partial charge in [-0.15, -0.1) is 0 Å². The van der Waals surface area contributed by atoms with E-state index in [0.29, 0.717) is 12.6 Å². The maximum atomic E-state index is 12.7. The molecular formula is C11H14F3N3O2S. The van der Waals surface area contributed by atoms with Crippen molar-refractivity contribution in [2.24, 2.45) is 0 Å². The molecule has 1 aromatic heterocycles. The van der Waals surface area contributed by atoms with E-state index in [9.17, 15) is 21.6 Å². The fraction of sp³-hybridized carbons (Fsp3) is 0.545. The molecule has 1 saturated heterocycles. The first kappa shape index (κ1) is 14.9. The van der Waals surface area contributed by atoms with Gasteiger partial charge in [0.15, 0.2) is 9.84 Å². The summed E-state index contributed by atoms with van der Waals surface area (Å²) < 4.78 is 60.9. The molecule has 0 radical (unpaired) electrons. The number of rotatable bonds is 2. The van der Waals surface area contributed by atoms with Crippen LogP contribution in [0.3, 0.4) is 0 Å². The summed E-state index contributed by atoms with van der Waals surface area (Å²) in [6.45, 7) is 0. The van der Waals surface area contributed by atoms with E-state index in [-0.39, 0.29) is 29.1 Å². The second kappa shape index (κ2) is 4.80. The lowest BCUT2D eigenvalue weighted by atomic mass is 10.2. The van der Waals surface area contributed by atoms with Gasteiger partial charge in [0, 0.05) is 19.3 Å². The van der Waals surface area contributed by atoms with Crippen molar-refractivity contribution < 1.29 is 21.6 Å². The molecule has 1 atom stereocenters. The third kappa shape index (κ3) is 2.97. The Bertz CT molecular complexity index is 616. The van der Waals surface area contributed by atoms with Crippen molar-refractivity contribution in [2.45, 2.75) is 18.6 Å². The molecule has 0 saturated carbocycles. The number of alkyl halides is 3. The highest BCUT2D eigenvalue weighted by molar-refractivity contribution is 7.91. The lowest BCUT2D eigenvalue weighted by molar-refractivity contribution is -0.137. The van der Waals surface area contributed by atoms with Gasteiger partial charge in [-0.3, -0.25) is 0 Å². The van der Waals surface area contributed by atoms with Crippen LogP contribution < -0.4 is 10.6 Å². The summed E-state index contributed by atoms with van der Waals surface area (Å²) >= 11 is 0. The van der Waals surface area contributed by atoms with E-state index < -0.39 is 21.6 Å². The van der Waals surface area contributed by atoms with Crippen molar-refractivity contribution in [1.29, 1.82) is 0 Å². The van der Waals surface area contributed by atoms with E-state index in [2.05, 4.69) is 4.98 Å². The Hall–Kier alpha value is -1.51. The van der Waals surface area contributed by atoms with E-state index in [0.717, 1.165) is 6.07 Å². The Kier molecular flexibility index (Phi) is 3.57. The number of anilines is 2. The number of hydrogen-bond donors (Lipinski definition) is 1. The third-order valence-corrected chi connectivity index (χ3v) is 5.11. The highest BCUT2D eigenvalue weighted by Crippen LogP contribution is 2.34. The molecule has 0 amide bonds. The topological polar surface area (TPSA) is 76.3 Å². The van der Waals surface area contributed by atoms with Crippen LogP contribution in [0, 0.1) is 0 Å². The van der Waals surface area contributed by atoms with Gasteiger partial charge in [-0.1, -0.05) is 0 Å². The molecule has 1 aliphatic heterocycles. The number of nitrogen functional groups attached to an aromatic ring is 1. The lowest BCUT2D eigenvalue weighted by Crippen LogP contribution is -2.33. The summed E-state index contributed by atoms with van der Waals surface area (Å²) in [6.07, 6.45) is -3.48. The Morgan fingerprint density at radius 1 is 1.45 bits per heavy atom. The Balaban J connectivity index is 2.32. The smallest absolute Gasteiger partial charge is 0.382 e. The van der Waals surface area contributed by atoms with Crippen molar-refractivity contribution in [1.82, 2.24) is 4.98 Å². The lowest BCUT2D eigenvalue weighted by Gasteiger charge is -2.27. The predicted octanol–water partition coefficient (Wildman–Crippen LogP) is 1.31. The molecule has 5 nitrogen and oxygen atoms in total. The van der Waals surface area contributed by atoms with E-state index in [4.69, 9.17) is 5.73 Å². The molecule has 0 spiro atoms. The highest BCUT2D eigenvalue weighted by atomic mass is 32.2. The van der Waals surface area contributed by atoms with E-state index >= 15 is 0 Å². The van der Waals surface area contributed by atoms with Gasteiger partial charge in [-0.25, -0.2) is 13.4 Å². The monoisotopic (exact) mass is 309 g/mol. The zero-order valence-electron chi connectivity index (χ0n) is 10.7. The van der Waals surface area contributed by atoms with Crippen LogP contribution in [0.1, 0.15) is 12.0 Å². The summed E-state index contributed by atoms with van der Waals surface area (Å²) in [7, 11) is -1.60. The second-order valence-corrected chi connectivity index (χ2v) is 7.02. The molecule has 112 valence electrons. The first-order valence-corrected chi connectivity index (χ1v) is 7.68.